The Bertz CT molecular complexity index is 562. The minimum atomic E-state index is -0.299. The Hall–Kier alpha value is -1.08. The summed E-state index contributed by atoms with van der Waals surface area (Å²) in [6.45, 7) is 20.0. The van der Waals surface area contributed by atoms with E-state index in [9.17, 15) is 9.59 Å². The van der Waals surface area contributed by atoms with E-state index >= 15 is 0 Å². The van der Waals surface area contributed by atoms with Crippen molar-refractivity contribution in [1.82, 2.24) is 0 Å². The molecule has 0 N–H and O–H groups in total. The van der Waals surface area contributed by atoms with Crippen LogP contribution in [0, 0.1) is 0 Å². The quantitative estimate of drug-likeness (QED) is 0.198. The maximum absolute atomic E-state index is 11.2. The van der Waals surface area contributed by atoms with Crippen LogP contribution in [0.2, 0.25) is 0 Å². The Labute approximate surface area is 210 Å². The smallest absolute Gasteiger partial charge is 0.333 e. The van der Waals surface area contributed by atoms with Crippen molar-refractivity contribution in [2.24, 2.45) is 0 Å². The summed E-state index contributed by atoms with van der Waals surface area (Å²) in [7, 11) is 12.8. The number of carbonyl (C=O) groups excluding carboxylic acids is 2. The fourth-order valence-corrected chi connectivity index (χ4v) is 1.70. The van der Waals surface area contributed by atoms with Gasteiger partial charge in [0.2, 0.25) is 0 Å². The Morgan fingerprint density at radius 1 is 0.656 bits per heavy atom. The van der Waals surface area contributed by atoms with Crippen LogP contribution in [-0.2, 0) is 19.1 Å². The molecule has 8 heteroatoms. The van der Waals surface area contributed by atoms with Gasteiger partial charge in [-0.3, -0.25) is 0 Å². The second kappa shape index (κ2) is 14.9. The van der Waals surface area contributed by atoms with E-state index in [0.29, 0.717) is 24.4 Å². The van der Waals surface area contributed by atoms with Gasteiger partial charge in [-0.25, -0.2) is 9.59 Å². The molecule has 0 atom stereocenters. The molecule has 0 aliphatic carbocycles. The molecule has 0 aliphatic rings. The molecule has 0 fully saturated rings. The number of quaternary nitrogens is 2. The molecule has 0 bridgehead atoms. The van der Waals surface area contributed by atoms with Crippen LogP contribution in [0.25, 0.3) is 0 Å². The van der Waals surface area contributed by atoms with Gasteiger partial charge in [-0.15, -0.1) is 0 Å². The summed E-state index contributed by atoms with van der Waals surface area (Å²) in [5.41, 5.74) is 1.10. The van der Waals surface area contributed by atoms with Gasteiger partial charge in [0.05, 0.1) is 66.6 Å². The maximum Gasteiger partial charge on any atom is 0.333 e. The monoisotopic (exact) mass is 498 g/mol. The van der Waals surface area contributed by atoms with Crippen LogP contribution in [0.5, 0.6) is 0 Å². The molecule has 192 valence electrons. The van der Waals surface area contributed by atoms with Crippen LogP contribution in [0.3, 0.4) is 0 Å². The van der Waals surface area contributed by atoms with Crippen molar-refractivity contribution in [2.45, 2.75) is 65.5 Å². The standard InChI is InChI=1S/2C12H24NO2.2ClH/c2*1-10(2)11(14)15-9-8-12(3,4)13(5,6)7;;/h2*1,8-9H2,2-7H3;2*1H/q2*+1;;/p-2. The van der Waals surface area contributed by atoms with E-state index in [0.717, 1.165) is 21.8 Å². The third-order valence-corrected chi connectivity index (χ3v) is 6.22. The average Bonchev–Trinajstić information content (AvgIpc) is 2.52. The van der Waals surface area contributed by atoms with E-state index in [1.165, 1.54) is 0 Å². The zero-order valence-corrected chi connectivity index (χ0v) is 24.0. The van der Waals surface area contributed by atoms with Gasteiger partial charge in [0.25, 0.3) is 0 Å². The molecule has 0 rings (SSSR count). The molecule has 0 aromatic rings. The van der Waals surface area contributed by atoms with Crippen molar-refractivity contribution >= 4 is 11.9 Å². The van der Waals surface area contributed by atoms with Crippen molar-refractivity contribution in [3.8, 4) is 0 Å². The van der Waals surface area contributed by atoms with Crippen molar-refractivity contribution in [1.29, 1.82) is 0 Å². The SMILES string of the molecule is C=C(C)C(=O)OCCC(C)(C)[N+](C)(C)C.C=C(C)C(=O)OCCC(C)(C)[N+](C)(C)C.[Cl-].[Cl-]. The molecule has 0 aliphatic heterocycles. The topological polar surface area (TPSA) is 52.6 Å². The molecular formula is C24H48Cl2N2O4. The van der Waals surface area contributed by atoms with Crippen molar-refractivity contribution < 1.29 is 52.8 Å². The van der Waals surface area contributed by atoms with Crippen LogP contribution in [-0.4, -0.2) is 87.5 Å². The molecule has 0 unspecified atom stereocenters. The molecule has 0 heterocycles. The molecule has 0 saturated heterocycles. The Kier molecular flexibility index (Phi) is 17.8. The molecule has 0 saturated carbocycles. The van der Waals surface area contributed by atoms with Gasteiger partial charge in [-0.1, -0.05) is 13.2 Å². The number of esters is 2. The fourth-order valence-electron chi connectivity index (χ4n) is 1.70. The fraction of sp³-hybridized carbons (Fsp3) is 0.750. The number of hydrogen-bond donors (Lipinski definition) is 0. The van der Waals surface area contributed by atoms with Gasteiger partial charge < -0.3 is 43.3 Å². The zero-order chi connectivity index (χ0) is 24.6. The highest BCUT2D eigenvalue weighted by Gasteiger charge is 2.33. The Morgan fingerprint density at radius 3 is 1.03 bits per heavy atom. The number of halogens is 2. The summed E-state index contributed by atoms with van der Waals surface area (Å²) in [6, 6.07) is 0. The van der Waals surface area contributed by atoms with E-state index in [1.54, 1.807) is 13.8 Å². The predicted molar refractivity (Wildman–Crippen MR) is 125 cm³/mol. The van der Waals surface area contributed by atoms with E-state index in [1.807, 2.05) is 0 Å². The molecular weight excluding hydrogens is 451 g/mol. The Balaban J connectivity index is -0.000000231. The lowest BCUT2D eigenvalue weighted by Gasteiger charge is -2.41. The minimum absolute atomic E-state index is 0. The Morgan fingerprint density at radius 2 is 0.875 bits per heavy atom. The van der Waals surface area contributed by atoms with Crippen LogP contribution in [0.4, 0.5) is 0 Å². The lowest BCUT2D eigenvalue weighted by atomic mass is 9.97. The van der Waals surface area contributed by atoms with Crippen molar-refractivity contribution in [3.05, 3.63) is 24.3 Å². The first-order valence-electron chi connectivity index (χ1n) is 10.4. The maximum atomic E-state index is 11.2. The van der Waals surface area contributed by atoms with Crippen molar-refractivity contribution in [3.63, 3.8) is 0 Å². The lowest BCUT2D eigenvalue weighted by molar-refractivity contribution is -0.920. The van der Waals surface area contributed by atoms with Gasteiger partial charge in [0.1, 0.15) is 0 Å². The molecule has 0 aromatic heterocycles. The van der Waals surface area contributed by atoms with Crippen LogP contribution < -0.4 is 24.8 Å². The summed E-state index contributed by atoms with van der Waals surface area (Å²) >= 11 is 0. The first-order valence-corrected chi connectivity index (χ1v) is 10.4. The number of nitrogens with zero attached hydrogens (tertiary/aromatic N) is 2. The molecule has 0 amide bonds. The molecule has 0 radical (unpaired) electrons. The number of ether oxygens (including phenoxy) is 2. The van der Waals surface area contributed by atoms with Gasteiger partial charge in [-0.2, -0.15) is 0 Å². The predicted octanol–water partition coefficient (Wildman–Crippen LogP) is -2.03. The van der Waals surface area contributed by atoms with Gasteiger partial charge in [0, 0.05) is 24.0 Å². The molecule has 0 spiro atoms. The molecule has 32 heavy (non-hydrogen) atoms. The second-order valence-corrected chi connectivity index (χ2v) is 11.0. The number of carbonyl (C=O) groups is 2. The van der Waals surface area contributed by atoms with Gasteiger partial charge >= 0.3 is 11.9 Å². The summed E-state index contributed by atoms with van der Waals surface area (Å²) in [6.07, 6.45) is 1.69. The highest BCUT2D eigenvalue weighted by molar-refractivity contribution is 5.87. The first kappa shape index (κ1) is 38.2. The second-order valence-electron chi connectivity index (χ2n) is 11.0. The highest BCUT2D eigenvalue weighted by Crippen LogP contribution is 2.22. The first-order chi connectivity index (χ1) is 13.2. The van der Waals surface area contributed by atoms with Gasteiger partial charge in [-0.05, 0) is 41.5 Å². The van der Waals surface area contributed by atoms with E-state index in [2.05, 4.69) is 83.1 Å². The molecule has 6 nitrogen and oxygen atoms in total. The van der Waals surface area contributed by atoms with Crippen LogP contribution >= 0.6 is 0 Å². The minimum Gasteiger partial charge on any atom is -1.00 e. The number of rotatable bonds is 10. The van der Waals surface area contributed by atoms with Crippen LogP contribution in [0.15, 0.2) is 24.3 Å². The zero-order valence-electron chi connectivity index (χ0n) is 22.5. The van der Waals surface area contributed by atoms with Crippen molar-refractivity contribution in [2.75, 3.05) is 55.5 Å². The van der Waals surface area contributed by atoms with Gasteiger partial charge in [0.15, 0.2) is 0 Å². The van der Waals surface area contributed by atoms with E-state index in [4.69, 9.17) is 9.47 Å². The normalized spacial score (nSPS) is 11.6. The van der Waals surface area contributed by atoms with E-state index < -0.39 is 0 Å². The third kappa shape index (κ3) is 14.9. The highest BCUT2D eigenvalue weighted by atomic mass is 35.5. The van der Waals surface area contributed by atoms with E-state index in [-0.39, 0.29) is 47.8 Å². The summed E-state index contributed by atoms with van der Waals surface area (Å²) < 4.78 is 11.9. The summed E-state index contributed by atoms with van der Waals surface area (Å²) in [5.74, 6) is -0.598. The average molecular weight is 500 g/mol. The third-order valence-electron chi connectivity index (χ3n) is 6.22. The molecule has 0 aromatic carbocycles. The van der Waals surface area contributed by atoms with Crippen LogP contribution in [0.1, 0.15) is 54.4 Å². The lowest BCUT2D eigenvalue weighted by Crippen LogP contribution is -3.00. The summed E-state index contributed by atoms with van der Waals surface area (Å²) in [5, 5.41) is 0. The number of hydrogen-bond acceptors (Lipinski definition) is 4. The summed E-state index contributed by atoms with van der Waals surface area (Å²) in [4.78, 5) is 22.3. The largest absolute Gasteiger partial charge is 1.00 e.